The van der Waals surface area contributed by atoms with Gasteiger partial charge in [0.1, 0.15) is 0 Å². The van der Waals surface area contributed by atoms with E-state index in [1.165, 1.54) is 30.3 Å². The van der Waals surface area contributed by atoms with Crippen LogP contribution in [0.25, 0.3) is 11.2 Å². The average molecular weight is 237 g/mol. The third kappa shape index (κ3) is 1.30. The van der Waals surface area contributed by atoms with Crippen LogP contribution in [0.15, 0.2) is 9.59 Å². The highest BCUT2D eigenvalue weighted by atomic mass is 16.2. The van der Waals surface area contributed by atoms with E-state index in [1.54, 1.807) is 0 Å². The standard InChI is InChI=1S/C9H11N5O3/c1-12-4-6(11-7(12)5(10)15)13(2)9(17)14(3)8(4)16/h1-3H3,(H2,10,15). The summed E-state index contributed by atoms with van der Waals surface area (Å²) in [5, 5.41) is 0. The molecule has 0 bridgehead atoms. The molecule has 0 saturated heterocycles. The predicted molar refractivity (Wildman–Crippen MR) is 59.7 cm³/mol. The number of aromatic nitrogens is 4. The third-order valence-corrected chi connectivity index (χ3v) is 2.70. The summed E-state index contributed by atoms with van der Waals surface area (Å²) in [6.07, 6.45) is 0. The first-order valence-corrected chi connectivity index (χ1v) is 4.78. The number of carbonyl (C=O) groups is 1. The number of nitrogens with two attached hydrogens (primary N) is 1. The number of hydrogen-bond acceptors (Lipinski definition) is 4. The molecule has 1 amide bonds. The van der Waals surface area contributed by atoms with Gasteiger partial charge in [-0.05, 0) is 0 Å². The molecule has 0 aromatic carbocycles. The van der Waals surface area contributed by atoms with E-state index in [-0.39, 0.29) is 17.0 Å². The molecule has 0 saturated carbocycles. The number of rotatable bonds is 1. The lowest BCUT2D eigenvalue weighted by Crippen LogP contribution is -2.37. The average Bonchev–Trinajstić information content (AvgIpc) is 2.62. The van der Waals surface area contributed by atoms with Crippen molar-refractivity contribution in [1.82, 2.24) is 18.7 Å². The van der Waals surface area contributed by atoms with Gasteiger partial charge in [-0.15, -0.1) is 0 Å². The molecular weight excluding hydrogens is 226 g/mol. The van der Waals surface area contributed by atoms with Gasteiger partial charge in [-0.3, -0.25) is 18.7 Å². The topological polar surface area (TPSA) is 105 Å². The van der Waals surface area contributed by atoms with Crippen molar-refractivity contribution in [3.05, 3.63) is 26.7 Å². The zero-order valence-corrected chi connectivity index (χ0v) is 9.59. The van der Waals surface area contributed by atoms with Crippen LogP contribution in [0.2, 0.25) is 0 Å². The normalized spacial score (nSPS) is 11.0. The second kappa shape index (κ2) is 3.30. The van der Waals surface area contributed by atoms with Crippen molar-refractivity contribution in [1.29, 1.82) is 0 Å². The van der Waals surface area contributed by atoms with E-state index in [1.807, 2.05) is 0 Å². The van der Waals surface area contributed by atoms with E-state index in [2.05, 4.69) is 4.98 Å². The Labute approximate surface area is 94.9 Å². The summed E-state index contributed by atoms with van der Waals surface area (Å²) >= 11 is 0. The number of imidazole rings is 1. The van der Waals surface area contributed by atoms with Crippen LogP contribution in [-0.2, 0) is 21.1 Å². The molecule has 2 heterocycles. The minimum Gasteiger partial charge on any atom is -0.363 e. The highest BCUT2D eigenvalue weighted by Gasteiger charge is 2.19. The molecule has 8 nitrogen and oxygen atoms in total. The fraction of sp³-hybridized carbons (Fsp3) is 0.333. The molecule has 0 fully saturated rings. The van der Waals surface area contributed by atoms with E-state index in [4.69, 9.17) is 5.73 Å². The molecule has 0 unspecified atom stereocenters. The van der Waals surface area contributed by atoms with Crippen LogP contribution in [0, 0.1) is 0 Å². The minimum absolute atomic E-state index is 0.0571. The van der Waals surface area contributed by atoms with Crippen molar-refractivity contribution >= 4 is 17.1 Å². The van der Waals surface area contributed by atoms with Gasteiger partial charge in [-0.1, -0.05) is 0 Å². The summed E-state index contributed by atoms with van der Waals surface area (Å²) < 4.78 is 3.44. The molecule has 0 atom stereocenters. The smallest absolute Gasteiger partial charge is 0.332 e. The van der Waals surface area contributed by atoms with E-state index >= 15 is 0 Å². The van der Waals surface area contributed by atoms with Gasteiger partial charge < -0.3 is 10.3 Å². The first-order chi connectivity index (χ1) is 7.86. The molecule has 90 valence electrons. The Morgan fingerprint density at radius 2 is 1.71 bits per heavy atom. The van der Waals surface area contributed by atoms with E-state index in [9.17, 15) is 14.4 Å². The highest BCUT2D eigenvalue weighted by molar-refractivity contribution is 5.92. The number of aryl methyl sites for hydroxylation is 2. The van der Waals surface area contributed by atoms with Crippen molar-refractivity contribution in [3.8, 4) is 0 Å². The zero-order chi connectivity index (χ0) is 12.9. The van der Waals surface area contributed by atoms with Crippen molar-refractivity contribution in [2.45, 2.75) is 0 Å². The van der Waals surface area contributed by atoms with Crippen LogP contribution in [0.3, 0.4) is 0 Å². The number of fused-ring (bicyclic) bond motifs is 1. The molecular formula is C9H11N5O3. The molecule has 2 aromatic heterocycles. The summed E-state index contributed by atoms with van der Waals surface area (Å²) in [5.74, 6) is -0.809. The number of amides is 1. The molecule has 0 radical (unpaired) electrons. The maximum absolute atomic E-state index is 11.9. The van der Waals surface area contributed by atoms with Crippen molar-refractivity contribution in [3.63, 3.8) is 0 Å². The van der Waals surface area contributed by atoms with Gasteiger partial charge in [0.15, 0.2) is 11.2 Å². The maximum atomic E-state index is 11.9. The Bertz CT molecular complexity index is 749. The van der Waals surface area contributed by atoms with Crippen molar-refractivity contribution < 1.29 is 4.79 Å². The molecule has 2 aromatic rings. The van der Waals surface area contributed by atoms with E-state index in [0.29, 0.717) is 0 Å². The van der Waals surface area contributed by atoms with Gasteiger partial charge in [0.25, 0.3) is 11.5 Å². The first-order valence-electron chi connectivity index (χ1n) is 4.78. The van der Waals surface area contributed by atoms with Crippen molar-refractivity contribution in [2.24, 2.45) is 26.9 Å². The monoisotopic (exact) mass is 237 g/mol. The Hall–Kier alpha value is -2.38. The second-order valence-electron chi connectivity index (χ2n) is 3.74. The lowest BCUT2D eigenvalue weighted by Gasteiger charge is -2.02. The largest absolute Gasteiger partial charge is 0.363 e. The van der Waals surface area contributed by atoms with Gasteiger partial charge in [-0.2, -0.15) is 0 Å². The van der Waals surface area contributed by atoms with Crippen LogP contribution in [0.4, 0.5) is 0 Å². The molecule has 0 aliphatic heterocycles. The molecule has 2 N–H and O–H groups in total. The number of hydrogen-bond donors (Lipinski definition) is 1. The lowest BCUT2D eigenvalue weighted by atomic mass is 10.5. The maximum Gasteiger partial charge on any atom is 0.332 e. The van der Waals surface area contributed by atoms with Gasteiger partial charge in [-0.25, -0.2) is 9.78 Å². The van der Waals surface area contributed by atoms with Gasteiger partial charge in [0, 0.05) is 21.1 Å². The van der Waals surface area contributed by atoms with Gasteiger partial charge in [0.05, 0.1) is 0 Å². The Morgan fingerprint density at radius 1 is 1.12 bits per heavy atom. The van der Waals surface area contributed by atoms with Gasteiger partial charge in [0.2, 0.25) is 5.82 Å². The van der Waals surface area contributed by atoms with Crippen molar-refractivity contribution in [2.75, 3.05) is 0 Å². The molecule has 17 heavy (non-hydrogen) atoms. The Balaban J connectivity index is 3.14. The lowest BCUT2D eigenvalue weighted by molar-refractivity contribution is 0.0988. The number of primary amides is 1. The molecule has 8 heteroatoms. The number of carbonyl (C=O) groups excluding carboxylic acids is 1. The van der Waals surface area contributed by atoms with E-state index in [0.717, 1.165) is 4.57 Å². The molecule has 0 spiro atoms. The SMILES string of the molecule is Cn1c(=O)c2c(nc(C(N)=O)n2C)n(C)c1=O. The molecule has 0 aliphatic carbocycles. The molecule has 2 rings (SSSR count). The quantitative estimate of drug-likeness (QED) is 0.623. The summed E-state index contributed by atoms with van der Waals surface area (Å²) in [4.78, 5) is 38.6. The second-order valence-corrected chi connectivity index (χ2v) is 3.74. The predicted octanol–water partition coefficient (Wildman–Crippen LogP) is -1.93. The van der Waals surface area contributed by atoms with Crippen LogP contribution in [0.5, 0.6) is 0 Å². The Morgan fingerprint density at radius 3 is 2.24 bits per heavy atom. The van der Waals surface area contributed by atoms with Crippen LogP contribution < -0.4 is 17.0 Å². The van der Waals surface area contributed by atoms with Crippen LogP contribution in [0.1, 0.15) is 10.6 Å². The first kappa shape index (κ1) is 11.1. The number of nitrogens with zero attached hydrogens (tertiary/aromatic N) is 4. The fourth-order valence-electron chi connectivity index (χ4n) is 1.74. The minimum atomic E-state index is -0.752. The van der Waals surface area contributed by atoms with E-state index < -0.39 is 17.2 Å². The van der Waals surface area contributed by atoms with Gasteiger partial charge >= 0.3 is 5.69 Å². The van der Waals surface area contributed by atoms with Crippen LogP contribution >= 0.6 is 0 Å². The third-order valence-electron chi connectivity index (χ3n) is 2.70. The highest BCUT2D eigenvalue weighted by Crippen LogP contribution is 2.07. The summed E-state index contributed by atoms with van der Waals surface area (Å²) in [7, 11) is 4.34. The van der Waals surface area contributed by atoms with Crippen LogP contribution in [-0.4, -0.2) is 24.6 Å². The summed E-state index contributed by atoms with van der Waals surface area (Å²) in [6.45, 7) is 0. The Kier molecular flexibility index (Phi) is 2.16. The summed E-state index contributed by atoms with van der Waals surface area (Å²) in [5.41, 5.74) is 4.44. The molecule has 0 aliphatic rings. The fourth-order valence-corrected chi connectivity index (χ4v) is 1.74. The summed E-state index contributed by atoms with van der Waals surface area (Å²) in [6, 6.07) is 0. The zero-order valence-electron chi connectivity index (χ0n) is 9.59.